The van der Waals surface area contributed by atoms with Crippen molar-refractivity contribution >= 4 is 10.0 Å². The van der Waals surface area contributed by atoms with Crippen molar-refractivity contribution in [1.29, 1.82) is 0 Å². The quantitative estimate of drug-likeness (QED) is 0.903. The first-order chi connectivity index (χ1) is 9.08. The van der Waals surface area contributed by atoms with Crippen LogP contribution in [0.4, 0.5) is 13.2 Å². The first-order valence-corrected chi connectivity index (χ1v) is 7.29. The summed E-state index contributed by atoms with van der Waals surface area (Å²) in [4.78, 5) is -0.1000. The monoisotopic (exact) mass is 310 g/mol. The molecule has 0 amide bonds. The number of rotatable bonds is 5. The number of nitrogens with zero attached hydrogens (tertiary/aromatic N) is 1. The molecule has 0 aromatic heterocycles. The summed E-state index contributed by atoms with van der Waals surface area (Å²) < 4.78 is 61.7. The second-order valence-corrected chi connectivity index (χ2v) is 6.52. The molecule has 0 aliphatic carbocycles. The molecule has 0 radical (unpaired) electrons. The maximum absolute atomic E-state index is 12.3. The zero-order chi connectivity index (χ0) is 15.6. The van der Waals surface area contributed by atoms with E-state index in [0.717, 1.165) is 7.05 Å². The molecule has 8 heteroatoms. The summed E-state index contributed by atoms with van der Waals surface area (Å²) in [5.74, 6) is 0. The van der Waals surface area contributed by atoms with E-state index in [1.807, 2.05) is 0 Å². The van der Waals surface area contributed by atoms with Gasteiger partial charge in [0.15, 0.2) is 0 Å². The fourth-order valence-electron chi connectivity index (χ4n) is 1.74. The summed E-state index contributed by atoms with van der Waals surface area (Å²) in [5, 5.41) is 2.86. The van der Waals surface area contributed by atoms with Crippen LogP contribution in [0.2, 0.25) is 0 Å². The van der Waals surface area contributed by atoms with Crippen molar-refractivity contribution in [3.8, 4) is 0 Å². The van der Waals surface area contributed by atoms with Gasteiger partial charge in [0.05, 0.1) is 4.90 Å². The van der Waals surface area contributed by atoms with Gasteiger partial charge < -0.3 is 5.32 Å². The van der Waals surface area contributed by atoms with Crippen LogP contribution in [0.25, 0.3) is 0 Å². The number of hydrogen-bond acceptors (Lipinski definition) is 3. The van der Waals surface area contributed by atoms with Crippen molar-refractivity contribution in [2.45, 2.75) is 24.5 Å². The van der Waals surface area contributed by atoms with Gasteiger partial charge in [-0.3, -0.25) is 0 Å². The van der Waals surface area contributed by atoms with Crippen molar-refractivity contribution in [2.75, 3.05) is 20.6 Å². The summed E-state index contributed by atoms with van der Waals surface area (Å²) in [6.07, 6.45) is -4.57. The molecule has 20 heavy (non-hydrogen) atoms. The molecule has 0 unspecified atom stereocenters. The fourth-order valence-corrected chi connectivity index (χ4v) is 3.17. The normalized spacial score (nSPS) is 12.9. The molecular formula is C12H17F3N2O2S. The van der Waals surface area contributed by atoms with E-state index < -0.39 is 22.7 Å². The van der Waals surface area contributed by atoms with Crippen molar-refractivity contribution in [3.05, 3.63) is 29.3 Å². The standard InChI is InChI=1S/C12H17F3N2O2S/c1-9-4-5-10(7-16-2)6-11(9)20(18,19)17(3)8-12(13,14)15/h4-6,16H,7-8H2,1-3H3. The van der Waals surface area contributed by atoms with Crippen LogP contribution >= 0.6 is 0 Å². The van der Waals surface area contributed by atoms with E-state index in [0.29, 0.717) is 22.0 Å². The van der Waals surface area contributed by atoms with Gasteiger partial charge in [0.1, 0.15) is 6.54 Å². The van der Waals surface area contributed by atoms with Crippen LogP contribution in [0.15, 0.2) is 23.1 Å². The Labute approximate surface area is 116 Å². The van der Waals surface area contributed by atoms with E-state index in [9.17, 15) is 21.6 Å². The van der Waals surface area contributed by atoms with Gasteiger partial charge in [0.2, 0.25) is 10.0 Å². The average Bonchev–Trinajstić information content (AvgIpc) is 2.29. The minimum atomic E-state index is -4.57. The van der Waals surface area contributed by atoms with Gasteiger partial charge in [-0.25, -0.2) is 8.42 Å². The number of aryl methyl sites for hydroxylation is 1. The third-order valence-corrected chi connectivity index (χ3v) is 4.67. The maximum atomic E-state index is 12.3. The second-order valence-electron chi connectivity index (χ2n) is 4.51. The van der Waals surface area contributed by atoms with Gasteiger partial charge in [-0.15, -0.1) is 0 Å². The van der Waals surface area contributed by atoms with E-state index in [4.69, 9.17) is 0 Å². The molecule has 0 fully saturated rings. The smallest absolute Gasteiger partial charge is 0.316 e. The number of benzene rings is 1. The Morgan fingerprint density at radius 3 is 2.40 bits per heavy atom. The summed E-state index contributed by atoms with van der Waals surface area (Å²) in [6, 6.07) is 4.71. The van der Waals surface area contributed by atoms with E-state index in [-0.39, 0.29) is 4.90 Å². The second kappa shape index (κ2) is 6.11. The number of halogens is 3. The highest BCUT2D eigenvalue weighted by Gasteiger charge is 2.35. The van der Waals surface area contributed by atoms with Crippen LogP contribution in [-0.4, -0.2) is 39.5 Å². The Balaban J connectivity index is 3.17. The SMILES string of the molecule is CNCc1ccc(C)c(S(=O)(=O)N(C)CC(F)(F)F)c1. The van der Waals surface area contributed by atoms with Crippen LogP contribution in [0.5, 0.6) is 0 Å². The Bertz CT molecular complexity index is 571. The zero-order valence-corrected chi connectivity index (χ0v) is 12.3. The molecule has 1 aromatic carbocycles. The molecule has 4 nitrogen and oxygen atoms in total. The Morgan fingerprint density at radius 1 is 1.30 bits per heavy atom. The van der Waals surface area contributed by atoms with Crippen LogP contribution in [0.1, 0.15) is 11.1 Å². The van der Waals surface area contributed by atoms with Gasteiger partial charge in [-0.1, -0.05) is 12.1 Å². The number of nitrogens with one attached hydrogen (secondary N) is 1. The molecule has 1 rings (SSSR count). The minimum absolute atomic E-state index is 0.1000. The third kappa shape index (κ3) is 4.19. The summed E-state index contributed by atoms with van der Waals surface area (Å²) in [5.41, 5.74) is 1.11. The third-order valence-electron chi connectivity index (χ3n) is 2.72. The lowest BCUT2D eigenvalue weighted by Gasteiger charge is -2.20. The predicted molar refractivity (Wildman–Crippen MR) is 69.8 cm³/mol. The molecule has 0 heterocycles. The molecule has 0 spiro atoms. The Kier molecular flexibility index (Phi) is 5.17. The summed E-state index contributed by atoms with van der Waals surface area (Å²) in [7, 11) is -1.54. The number of alkyl halides is 3. The molecule has 0 bridgehead atoms. The zero-order valence-electron chi connectivity index (χ0n) is 11.5. The largest absolute Gasteiger partial charge is 0.402 e. The van der Waals surface area contributed by atoms with E-state index in [1.165, 1.54) is 6.07 Å². The lowest BCUT2D eigenvalue weighted by atomic mass is 10.1. The molecule has 1 aromatic rings. The Hall–Kier alpha value is -1.12. The number of sulfonamides is 1. The predicted octanol–water partition coefficient (Wildman–Crippen LogP) is 1.90. The van der Waals surface area contributed by atoms with Crippen molar-refractivity contribution in [3.63, 3.8) is 0 Å². The lowest BCUT2D eigenvalue weighted by molar-refractivity contribution is -0.134. The molecule has 0 atom stereocenters. The molecule has 0 aliphatic rings. The van der Waals surface area contributed by atoms with Crippen molar-refractivity contribution < 1.29 is 21.6 Å². The minimum Gasteiger partial charge on any atom is -0.316 e. The lowest BCUT2D eigenvalue weighted by Crippen LogP contribution is -2.36. The fraction of sp³-hybridized carbons (Fsp3) is 0.500. The highest BCUT2D eigenvalue weighted by atomic mass is 32.2. The first-order valence-electron chi connectivity index (χ1n) is 5.85. The summed E-state index contributed by atoms with van der Waals surface area (Å²) in [6.45, 7) is 0.480. The van der Waals surface area contributed by atoms with Crippen molar-refractivity contribution in [2.24, 2.45) is 0 Å². The summed E-state index contributed by atoms with van der Waals surface area (Å²) >= 11 is 0. The highest BCUT2D eigenvalue weighted by molar-refractivity contribution is 7.89. The van der Waals surface area contributed by atoms with Gasteiger partial charge in [-0.05, 0) is 31.2 Å². The Morgan fingerprint density at radius 2 is 1.90 bits per heavy atom. The van der Waals surface area contributed by atoms with E-state index in [2.05, 4.69) is 5.32 Å². The molecule has 0 saturated carbocycles. The molecule has 1 N–H and O–H groups in total. The van der Waals surface area contributed by atoms with Crippen LogP contribution in [0, 0.1) is 6.92 Å². The van der Waals surface area contributed by atoms with Gasteiger partial charge >= 0.3 is 6.18 Å². The first kappa shape index (κ1) is 16.9. The van der Waals surface area contributed by atoms with E-state index >= 15 is 0 Å². The number of hydrogen-bond donors (Lipinski definition) is 1. The molecule has 0 aliphatic heterocycles. The van der Waals surface area contributed by atoms with Gasteiger partial charge in [0.25, 0.3) is 0 Å². The van der Waals surface area contributed by atoms with Crippen LogP contribution in [0.3, 0.4) is 0 Å². The molecular weight excluding hydrogens is 293 g/mol. The molecule has 0 saturated heterocycles. The molecule has 114 valence electrons. The van der Waals surface area contributed by atoms with E-state index in [1.54, 1.807) is 26.1 Å². The van der Waals surface area contributed by atoms with Gasteiger partial charge in [-0.2, -0.15) is 17.5 Å². The van der Waals surface area contributed by atoms with Crippen molar-refractivity contribution in [1.82, 2.24) is 9.62 Å². The van der Waals surface area contributed by atoms with Gasteiger partial charge in [0, 0.05) is 13.6 Å². The topological polar surface area (TPSA) is 49.4 Å². The highest BCUT2D eigenvalue weighted by Crippen LogP contribution is 2.24. The average molecular weight is 310 g/mol. The van der Waals surface area contributed by atoms with Crippen LogP contribution in [-0.2, 0) is 16.6 Å². The van der Waals surface area contributed by atoms with Crippen LogP contribution < -0.4 is 5.32 Å². The maximum Gasteiger partial charge on any atom is 0.402 e.